The standard InChI is InChI=1S/C13H16BrFO2/c1-16-12-3-2-10(15)8-11(12)13(9-14)4-6-17-7-5-13/h2-3,8H,4-7,9H2,1H3. The minimum atomic E-state index is -0.215. The fourth-order valence-electron chi connectivity index (χ4n) is 2.33. The SMILES string of the molecule is COc1ccc(F)cc1C1(CBr)CCOCC1. The lowest BCUT2D eigenvalue weighted by molar-refractivity contribution is 0.0575. The van der Waals surface area contributed by atoms with Crippen LogP contribution in [0.2, 0.25) is 0 Å². The summed E-state index contributed by atoms with van der Waals surface area (Å²) < 4.78 is 24.2. The molecule has 1 aliphatic heterocycles. The Bertz CT molecular complexity index is 389. The molecule has 0 atom stereocenters. The third kappa shape index (κ3) is 2.47. The van der Waals surface area contributed by atoms with Gasteiger partial charge < -0.3 is 9.47 Å². The minimum absolute atomic E-state index is 0.0777. The second-order valence-electron chi connectivity index (χ2n) is 4.37. The van der Waals surface area contributed by atoms with Crippen molar-refractivity contribution in [2.75, 3.05) is 25.7 Å². The zero-order valence-corrected chi connectivity index (χ0v) is 11.4. The number of halogens is 2. The number of hydrogen-bond donors (Lipinski definition) is 0. The maximum atomic E-state index is 13.4. The van der Waals surface area contributed by atoms with Crippen molar-refractivity contribution in [3.05, 3.63) is 29.6 Å². The Morgan fingerprint density at radius 3 is 2.71 bits per heavy atom. The van der Waals surface area contributed by atoms with Crippen LogP contribution >= 0.6 is 15.9 Å². The van der Waals surface area contributed by atoms with Crippen molar-refractivity contribution in [1.29, 1.82) is 0 Å². The van der Waals surface area contributed by atoms with Gasteiger partial charge in [0.15, 0.2) is 0 Å². The summed E-state index contributed by atoms with van der Waals surface area (Å²) in [4.78, 5) is 0. The van der Waals surface area contributed by atoms with Crippen molar-refractivity contribution in [1.82, 2.24) is 0 Å². The molecule has 1 saturated heterocycles. The molecule has 0 saturated carbocycles. The average Bonchev–Trinajstić information content (AvgIpc) is 2.39. The van der Waals surface area contributed by atoms with E-state index < -0.39 is 0 Å². The van der Waals surface area contributed by atoms with Gasteiger partial charge in [-0.2, -0.15) is 0 Å². The van der Waals surface area contributed by atoms with Crippen LogP contribution in [0.15, 0.2) is 18.2 Å². The molecular weight excluding hydrogens is 287 g/mol. The Hall–Kier alpha value is -0.610. The molecule has 0 radical (unpaired) electrons. The van der Waals surface area contributed by atoms with Crippen LogP contribution in [0.1, 0.15) is 18.4 Å². The zero-order chi connectivity index (χ0) is 12.3. The molecular formula is C13H16BrFO2. The summed E-state index contributed by atoms with van der Waals surface area (Å²) in [6.45, 7) is 1.43. The summed E-state index contributed by atoms with van der Waals surface area (Å²) in [5.41, 5.74) is 0.867. The third-order valence-electron chi connectivity index (χ3n) is 3.44. The van der Waals surface area contributed by atoms with Crippen LogP contribution < -0.4 is 4.74 Å². The van der Waals surface area contributed by atoms with Crippen molar-refractivity contribution in [3.63, 3.8) is 0 Å². The highest BCUT2D eigenvalue weighted by Crippen LogP contribution is 2.41. The molecule has 2 rings (SSSR count). The first-order chi connectivity index (χ1) is 8.22. The van der Waals surface area contributed by atoms with E-state index in [-0.39, 0.29) is 11.2 Å². The number of rotatable bonds is 3. The number of ether oxygens (including phenoxy) is 2. The lowest BCUT2D eigenvalue weighted by Crippen LogP contribution is -2.35. The summed E-state index contributed by atoms with van der Waals surface area (Å²) in [7, 11) is 1.62. The van der Waals surface area contributed by atoms with E-state index in [9.17, 15) is 4.39 Å². The monoisotopic (exact) mass is 302 g/mol. The first kappa shape index (κ1) is 12.8. The second kappa shape index (κ2) is 5.36. The molecule has 0 aromatic heterocycles. The number of alkyl halides is 1. The molecule has 4 heteroatoms. The van der Waals surface area contributed by atoms with Crippen LogP contribution in [0.5, 0.6) is 5.75 Å². The van der Waals surface area contributed by atoms with Gasteiger partial charge in [-0.3, -0.25) is 0 Å². The van der Waals surface area contributed by atoms with Crippen LogP contribution in [-0.4, -0.2) is 25.7 Å². The van der Waals surface area contributed by atoms with E-state index in [1.54, 1.807) is 19.2 Å². The van der Waals surface area contributed by atoms with Crippen LogP contribution in [0.4, 0.5) is 4.39 Å². The van der Waals surface area contributed by atoms with E-state index in [0.29, 0.717) is 13.2 Å². The van der Waals surface area contributed by atoms with Gasteiger partial charge in [-0.15, -0.1) is 0 Å². The quantitative estimate of drug-likeness (QED) is 0.798. The largest absolute Gasteiger partial charge is 0.496 e. The van der Waals surface area contributed by atoms with E-state index in [4.69, 9.17) is 9.47 Å². The lowest BCUT2D eigenvalue weighted by atomic mass is 9.75. The van der Waals surface area contributed by atoms with Gasteiger partial charge in [0.1, 0.15) is 11.6 Å². The molecule has 94 valence electrons. The van der Waals surface area contributed by atoms with Gasteiger partial charge in [-0.1, -0.05) is 15.9 Å². The summed E-state index contributed by atoms with van der Waals surface area (Å²) >= 11 is 3.56. The van der Waals surface area contributed by atoms with Crippen molar-refractivity contribution in [2.45, 2.75) is 18.3 Å². The Kier molecular flexibility index (Phi) is 4.05. The Morgan fingerprint density at radius 1 is 1.41 bits per heavy atom. The Balaban J connectivity index is 2.44. The first-order valence-corrected chi connectivity index (χ1v) is 6.82. The summed E-state index contributed by atoms with van der Waals surface area (Å²) in [6.07, 6.45) is 1.77. The van der Waals surface area contributed by atoms with Crippen molar-refractivity contribution in [2.24, 2.45) is 0 Å². The van der Waals surface area contributed by atoms with Gasteiger partial charge in [-0.05, 0) is 31.0 Å². The maximum Gasteiger partial charge on any atom is 0.123 e. The van der Waals surface area contributed by atoms with E-state index in [2.05, 4.69) is 15.9 Å². The molecule has 0 unspecified atom stereocenters. The fourth-order valence-corrected chi connectivity index (χ4v) is 3.19. The molecule has 0 amide bonds. The smallest absolute Gasteiger partial charge is 0.123 e. The molecule has 1 heterocycles. The topological polar surface area (TPSA) is 18.5 Å². The van der Waals surface area contributed by atoms with Gasteiger partial charge in [0.05, 0.1) is 7.11 Å². The van der Waals surface area contributed by atoms with E-state index >= 15 is 0 Å². The second-order valence-corrected chi connectivity index (χ2v) is 4.93. The van der Waals surface area contributed by atoms with Gasteiger partial charge in [-0.25, -0.2) is 4.39 Å². The summed E-state index contributed by atoms with van der Waals surface area (Å²) in [6, 6.07) is 4.72. The van der Waals surface area contributed by atoms with Gasteiger partial charge in [0, 0.05) is 29.5 Å². The molecule has 1 aromatic rings. The van der Waals surface area contributed by atoms with Crippen molar-refractivity contribution in [3.8, 4) is 5.75 Å². The van der Waals surface area contributed by atoms with Crippen molar-refractivity contribution >= 4 is 15.9 Å². The van der Waals surface area contributed by atoms with Crippen molar-refractivity contribution < 1.29 is 13.9 Å². The summed E-state index contributed by atoms with van der Waals surface area (Å²) in [5.74, 6) is 0.542. The van der Waals surface area contributed by atoms with Gasteiger partial charge in [0.25, 0.3) is 0 Å². The molecule has 17 heavy (non-hydrogen) atoms. The Morgan fingerprint density at radius 2 is 2.12 bits per heavy atom. The summed E-state index contributed by atoms with van der Waals surface area (Å²) in [5, 5.41) is 0.795. The molecule has 1 aliphatic rings. The maximum absolute atomic E-state index is 13.4. The molecule has 0 N–H and O–H groups in total. The van der Waals surface area contributed by atoms with Crippen LogP contribution in [0.3, 0.4) is 0 Å². The molecule has 2 nitrogen and oxygen atoms in total. The highest BCUT2D eigenvalue weighted by atomic mass is 79.9. The molecule has 1 fully saturated rings. The van der Waals surface area contributed by atoms with E-state index in [1.807, 2.05) is 0 Å². The zero-order valence-electron chi connectivity index (χ0n) is 9.84. The Labute approximate surface area is 109 Å². The van der Waals surface area contributed by atoms with E-state index in [1.165, 1.54) is 6.07 Å². The minimum Gasteiger partial charge on any atom is -0.496 e. The van der Waals surface area contributed by atoms with E-state index in [0.717, 1.165) is 29.5 Å². The average molecular weight is 303 g/mol. The molecule has 0 spiro atoms. The van der Waals surface area contributed by atoms with Gasteiger partial charge >= 0.3 is 0 Å². The predicted octanol–water partition coefficient (Wildman–Crippen LogP) is 3.28. The fraction of sp³-hybridized carbons (Fsp3) is 0.538. The molecule has 0 aliphatic carbocycles. The van der Waals surface area contributed by atoms with Crippen LogP contribution in [0.25, 0.3) is 0 Å². The lowest BCUT2D eigenvalue weighted by Gasteiger charge is -2.37. The normalized spacial score (nSPS) is 19.0. The molecule has 0 bridgehead atoms. The molecule has 1 aromatic carbocycles. The number of benzene rings is 1. The van der Waals surface area contributed by atoms with Crippen LogP contribution in [0, 0.1) is 5.82 Å². The van der Waals surface area contributed by atoms with Gasteiger partial charge in [0.2, 0.25) is 0 Å². The number of methoxy groups -OCH3 is 1. The number of hydrogen-bond acceptors (Lipinski definition) is 2. The predicted molar refractivity (Wildman–Crippen MR) is 68.5 cm³/mol. The highest BCUT2D eigenvalue weighted by Gasteiger charge is 2.36. The highest BCUT2D eigenvalue weighted by molar-refractivity contribution is 9.09. The third-order valence-corrected chi connectivity index (χ3v) is 4.51. The first-order valence-electron chi connectivity index (χ1n) is 5.69. The van der Waals surface area contributed by atoms with Crippen LogP contribution in [-0.2, 0) is 10.2 Å².